The first-order valence-corrected chi connectivity index (χ1v) is 21.0. The summed E-state index contributed by atoms with van der Waals surface area (Å²) in [5.41, 5.74) is 20.4. The van der Waals surface area contributed by atoms with E-state index in [1.807, 2.05) is 12.1 Å². The highest BCUT2D eigenvalue weighted by atomic mass is 16.3. The minimum absolute atomic E-state index is 0.0623. The highest BCUT2D eigenvalue weighted by Gasteiger charge is 2.37. The summed E-state index contributed by atoms with van der Waals surface area (Å²) in [4.78, 5) is 0. The fourth-order valence-electron chi connectivity index (χ4n) is 10.5. The van der Waals surface area contributed by atoms with Crippen LogP contribution in [0.1, 0.15) is 51.3 Å². The molecule has 60 heavy (non-hydrogen) atoms. The molecule has 1 N–H and O–H groups in total. The maximum Gasteiger partial charge on any atom is 0.198 e. The van der Waals surface area contributed by atoms with Crippen LogP contribution in [0.15, 0.2) is 154 Å². The van der Waals surface area contributed by atoms with E-state index in [4.69, 9.17) is 8.83 Å². The van der Waals surface area contributed by atoms with Crippen molar-refractivity contribution < 1.29 is 8.83 Å². The number of aromatic nitrogens is 1. The smallest absolute Gasteiger partial charge is 0.198 e. The van der Waals surface area contributed by atoms with Crippen molar-refractivity contribution in [2.45, 2.75) is 45.4 Å². The molecule has 0 atom stereocenters. The van der Waals surface area contributed by atoms with Gasteiger partial charge in [0.1, 0.15) is 22.3 Å². The van der Waals surface area contributed by atoms with Crippen LogP contribution < -0.4 is 16.2 Å². The zero-order chi connectivity index (χ0) is 40.2. The Kier molecular flexibility index (Phi) is 6.57. The number of nitrogens with zero attached hydrogens (tertiary/aromatic N) is 1. The Balaban J connectivity index is 1.12. The first-order chi connectivity index (χ1) is 29.1. The largest absolute Gasteiger partial charge is 0.456 e. The number of para-hydroxylation sites is 2. The van der Waals surface area contributed by atoms with Gasteiger partial charge in [-0.3, -0.25) is 0 Å². The molecular weight excluding hydrogens is 731 g/mol. The van der Waals surface area contributed by atoms with Crippen LogP contribution in [0, 0.1) is 0 Å². The third-order valence-corrected chi connectivity index (χ3v) is 13.6. The summed E-state index contributed by atoms with van der Waals surface area (Å²) in [6.45, 7) is 11.5. The molecular formula is C55H40BN2O2. The predicted molar refractivity (Wildman–Crippen MR) is 252 cm³/mol. The lowest BCUT2D eigenvalue weighted by molar-refractivity contribution is 0.590. The molecule has 285 valence electrons. The molecule has 0 unspecified atom stereocenters. The van der Waals surface area contributed by atoms with Crippen molar-refractivity contribution in [3.63, 3.8) is 0 Å². The molecule has 0 amide bonds. The van der Waals surface area contributed by atoms with Gasteiger partial charge in [0.05, 0.1) is 11.2 Å². The number of anilines is 2. The molecule has 4 heterocycles. The SMILES string of the molecule is CC(C)(C)c1ccc(Nc2cc3oc4ccccc4c3cc2-c2ccc3c4cc5c(cc4n4c3c2[B]c2cc3oc6ccccc6c3cc2-4)-c2ccccc2C5(C)C)cc1. The van der Waals surface area contributed by atoms with E-state index in [2.05, 4.69) is 185 Å². The zero-order valence-corrected chi connectivity index (χ0v) is 34.2. The van der Waals surface area contributed by atoms with E-state index >= 15 is 0 Å². The Morgan fingerprint density at radius 3 is 1.97 bits per heavy atom. The van der Waals surface area contributed by atoms with Crippen LogP contribution in [-0.4, -0.2) is 11.8 Å². The van der Waals surface area contributed by atoms with Crippen LogP contribution in [0.4, 0.5) is 11.4 Å². The van der Waals surface area contributed by atoms with Gasteiger partial charge in [-0.1, -0.05) is 125 Å². The van der Waals surface area contributed by atoms with Crippen LogP contribution >= 0.6 is 0 Å². The number of hydrogen-bond acceptors (Lipinski definition) is 3. The van der Waals surface area contributed by atoms with Gasteiger partial charge >= 0.3 is 0 Å². The Hall–Kier alpha value is -6.98. The van der Waals surface area contributed by atoms with Crippen LogP contribution in [0.2, 0.25) is 0 Å². The van der Waals surface area contributed by atoms with Crippen molar-refractivity contribution in [1.82, 2.24) is 4.57 Å². The molecule has 2 aliphatic rings. The number of nitrogens with one attached hydrogen (secondary N) is 1. The van der Waals surface area contributed by atoms with Crippen LogP contribution in [-0.2, 0) is 10.8 Å². The lowest BCUT2D eigenvalue weighted by Crippen LogP contribution is -2.37. The van der Waals surface area contributed by atoms with Crippen molar-refractivity contribution in [2.75, 3.05) is 5.32 Å². The lowest BCUT2D eigenvalue weighted by Gasteiger charge is -2.24. The topological polar surface area (TPSA) is 43.2 Å². The number of rotatable bonds is 3. The summed E-state index contributed by atoms with van der Waals surface area (Å²) >= 11 is 0. The molecule has 13 rings (SSSR count). The molecule has 8 aromatic carbocycles. The highest BCUT2D eigenvalue weighted by molar-refractivity contribution is 6.73. The second kappa shape index (κ2) is 11.6. The standard InChI is InChI=1S/C55H40BN2O2/c1-54(2,3)30-18-20-31(21-19-30)57-45-29-51-40(33-13-7-10-16-48(33)60-51)24-38(45)35-22-23-36-39-25-43-37(32-12-6-9-15-42(32)55(43,4)5)26-46(39)58-47-27-41-34-14-8-11-17-49(34)59-50(41)28-44(47)56-52(35)53(36)58/h6-29,57H,1-5H3. The first kappa shape index (κ1) is 33.9. The summed E-state index contributed by atoms with van der Waals surface area (Å²) in [5, 5.41) is 10.8. The summed E-state index contributed by atoms with van der Waals surface area (Å²) in [6, 6.07) is 53.3. The van der Waals surface area contributed by atoms with Gasteiger partial charge in [-0.05, 0) is 98.9 Å². The van der Waals surface area contributed by atoms with Crippen molar-refractivity contribution in [1.29, 1.82) is 0 Å². The lowest BCUT2D eigenvalue weighted by atomic mass is 9.59. The quantitative estimate of drug-likeness (QED) is 0.182. The Bertz CT molecular complexity index is 3670. The van der Waals surface area contributed by atoms with E-state index in [1.54, 1.807) is 0 Å². The van der Waals surface area contributed by atoms with E-state index < -0.39 is 0 Å². The third kappa shape index (κ3) is 4.58. The predicted octanol–water partition coefficient (Wildman–Crippen LogP) is 13.6. The highest BCUT2D eigenvalue weighted by Crippen LogP contribution is 2.51. The molecule has 0 spiro atoms. The molecule has 0 saturated carbocycles. The maximum atomic E-state index is 6.53. The monoisotopic (exact) mass is 771 g/mol. The van der Waals surface area contributed by atoms with Gasteiger partial charge in [0.25, 0.3) is 0 Å². The van der Waals surface area contributed by atoms with Crippen LogP contribution in [0.25, 0.3) is 93.6 Å². The molecule has 11 aromatic rings. The van der Waals surface area contributed by atoms with Crippen molar-refractivity contribution >= 4 is 95.3 Å². The van der Waals surface area contributed by atoms with Crippen molar-refractivity contribution in [3.05, 3.63) is 162 Å². The van der Waals surface area contributed by atoms with E-state index in [9.17, 15) is 0 Å². The van der Waals surface area contributed by atoms with E-state index in [-0.39, 0.29) is 10.8 Å². The molecule has 1 radical (unpaired) electrons. The molecule has 3 aromatic heterocycles. The second-order valence-electron chi connectivity index (χ2n) is 18.4. The number of furan rings is 2. The molecule has 0 fully saturated rings. The molecule has 4 nitrogen and oxygen atoms in total. The van der Waals surface area contributed by atoms with Gasteiger partial charge < -0.3 is 18.7 Å². The number of benzene rings is 8. The molecule has 0 saturated heterocycles. The summed E-state index contributed by atoms with van der Waals surface area (Å²) in [7, 11) is 2.39. The van der Waals surface area contributed by atoms with E-state index in [1.165, 1.54) is 55.1 Å². The van der Waals surface area contributed by atoms with Gasteiger partial charge in [-0.15, -0.1) is 0 Å². The van der Waals surface area contributed by atoms with Gasteiger partial charge in [0.2, 0.25) is 0 Å². The van der Waals surface area contributed by atoms with Gasteiger partial charge in [-0.2, -0.15) is 0 Å². The van der Waals surface area contributed by atoms with Gasteiger partial charge in [-0.25, -0.2) is 0 Å². The number of hydrogen-bond donors (Lipinski definition) is 1. The van der Waals surface area contributed by atoms with Crippen molar-refractivity contribution in [2.24, 2.45) is 0 Å². The van der Waals surface area contributed by atoms with Crippen LogP contribution in [0.5, 0.6) is 0 Å². The fraction of sp³-hybridized carbons (Fsp3) is 0.127. The van der Waals surface area contributed by atoms with Gasteiger partial charge in [0, 0.05) is 66.3 Å². The zero-order valence-electron chi connectivity index (χ0n) is 34.2. The van der Waals surface area contributed by atoms with Gasteiger partial charge in [0.15, 0.2) is 7.28 Å². The Labute approximate surface area is 348 Å². The average molecular weight is 772 g/mol. The van der Waals surface area contributed by atoms with Crippen LogP contribution in [0.3, 0.4) is 0 Å². The third-order valence-electron chi connectivity index (χ3n) is 13.6. The maximum absolute atomic E-state index is 6.53. The number of fused-ring (bicyclic) bond motifs is 14. The molecule has 5 heteroatoms. The molecule has 0 bridgehead atoms. The average Bonchev–Trinajstić information content (AvgIpc) is 3.96. The van der Waals surface area contributed by atoms with Crippen molar-refractivity contribution in [3.8, 4) is 27.9 Å². The summed E-state index contributed by atoms with van der Waals surface area (Å²) < 4.78 is 15.6. The summed E-state index contributed by atoms with van der Waals surface area (Å²) in [6.07, 6.45) is 0. The van der Waals surface area contributed by atoms with E-state index in [0.717, 1.165) is 77.5 Å². The summed E-state index contributed by atoms with van der Waals surface area (Å²) in [5.74, 6) is 0. The Morgan fingerprint density at radius 2 is 1.22 bits per heavy atom. The van der Waals surface area contributed by atoms with E-state index in [0.29, 0.717) is 0 Å². The second-order valence-corrected chi connectivity index (χ2v) is 18.4. The Morgan fingerprint density at radius 1 is 0.533 bits per heavy atom. The first-order valence-electron chi connectivity index (χ1n) is 21.0. The normalized spacial score (nSPS) is 14.0. The minimum atomic E-state index is -0.113. The molecule has 1 aliphatic heterocycles. The fourth-order valence-corrected chi connectivity index (χ4v) is 10.5. The molecule has 1 aliphatic carbocycles. The minimum Gasteiger partial charge on any atom is -0.456 e.